The summed E-state index contributed by atoms with van der Waals surface area (Å²) >= 11 is 1.80. The Kier molecular flexibility index (Phi) is 3.34. The highest BCUT2D eigenvalue weighted by Gasteiger charge is 2.12. The molecular formula is C12H16N2S. The predicted molar refractivity (Wildman–Crippen MR) is 66.3 cm³/mol. The summed E-state index contributed by atoms with van der Waals surface area (Å²) in [6.45, 7) is 5.32. The van der Waals surface area contributed by atoms with Gasteiger partial charge in [-0.15, -0.1) is 11.3 Å². The second-order valence-corrected chi connectivity index (χ2v) is 4.60. The van der Waals surface area contributed by atoms with Crippen LogP contribution in [0.4, 0.5) is 0 Å². The van der Waals surface area contributed by atoms with E-state index in [1.54, 1.807) is 11.3 Å². The van der Waals surface area contributed by atoms with Gasteiger partial charge in [-0.2, -0.15) is 0 Å². The van der Waals surface area contributed by atoms with Crippen molar-refractivity contribution in [3.05, 3.63) is 29.3 Å². The van der Waals surface area contributed by atoms with Gasteiger partial charge in [0, 0.05) is 0 Å². The first-order valence-electron chi connectivity index (χ1n) is 5.44. The van der Waals surface area contributed by atoms with Crippen LogP contribution >= 0.6 is 11.3 Å². The van der Waals surface area contributed by atoms with Gasteiger partial charge in [0.25, 0.3) is 0 Å². The van der Waals surface area contributed by atoms with Gasteiger partial charge in [0.1, 0.15) is 5.01 Å². The Hall–Kier alpha value is -0.930. The highest BCUT2D eigenvalue weighted by molar-refractivity contribution is 7.18. The Morgan fingerprint density at radius 2 is 2.13 bits per heavy atom. The molecule has 0 amide bonds. The number of hydrogen-bond acceptors (Lipinski definition) is 3. The van der Waals surface area contributed by atoms with Crippen LogP contribution in [0.5, 0.6) is 0 Å². The van der Waals surface area contributed by atoms with E-state index in [1.165, 1.54) is 9.71 Å². The van der Waals surface area contributed by atoms with Crippen molar-refractivity contribution < 1.29 is 0 Å². The van der Waals surface area contributed by atoms with Crippen LogP contribution in [0.1, 0.15) is 31.3 Å². The van der Waals surface area contributed by atoms with Crippen molar-refractivity contribution in [2.45, 2.75) is 26.3 Å². The molecule has 1 aromatic heterocycles. The van der Waals surface area contributed by atoms with E-state index in [1.807, 2.05) is 6.07 Å². The van der Waals surface area contributed by atoms with Crippen LogP contribution in [0.15, 0.2) is 24.3 Å². The standard InChI is InChI=1S/C12H16N2S/c1-3-9(13-4-2)12-14-10-7-5-6-8-11(10)15-12/h5-9,13H,3-4H2,1-2H3. The zero-order valence-electron chi connectivity index (χ0n) is 9.16. The largest absolute Gasteiger partial charge is 0.308 e. The first-order chi connectivity index (χ1) is 7.35. The molecule has 0 fully saturated rings. The van der Waals surface area contributed by atoms with Crippen LogP contribution in [0, 0.1) is 0 Å². The topological polar surface area (TPSA) is 24.9 Å². The van der Waals surface area contributed by atoms with Gasteiger partial charge in [-0.05, 0) is 25.1 Å². The van der Waals surface area contributed by atoms with Gasteiger partial charge < -0.3 is 5.32 Å². The summed E-state index contributed by atoms with van der Waals surface area (Å²) in [4.78, 5) is 4.66. The second-order valence-electron chi connectivity index (χ2n) is 3.54. The normalized spacial score (nSPS) is 13.2. The zero-order valence-corrected chi connectivity index (χ0v) is 9.97. The molecule has 0 aliphatic carbocycles. The van der Waals surface area contributed by atoms with Gasteiger partial charge in [-0.3, -0.25) is 0 Å². The smallest absolute Gasteiger partial charge is 0.111 e. The van der Waals surface area contributed by atoms with E-state index in [-0.39, 0.29) is 0 Å². The molecule has 0 aliphatic rings. The molecule has 0 aliphatic heterocycles. The molecule has 1 heterocycles. The molecule has 0 saturated carbocycles. The van der Waals surface area contributed by atoms with Crippen LogP contribution in [-0.4, -0.2) is 11.5 Å². The average molecular weight is 220 g/mol. The number of benzene rings is 1. The minimum Gasteiger partial charge on any atom is -0.308 e. The molecule has 80 valence electrons. The number of para-hydroxylation sites is 1. The van der Waals surface area contributed by atoms with Gasteiger partial charge in [0.2, 0.25) is 0 Å². The highest BCUT2D eigenvalue weighted by atomic mass is 32.1. The first kappa shape index (κ1) is 10.6. The minimum absolute atomic E-state index is 0.410. The fourth-order valence-corrected chi connectivity index (χ4v) is 2.82. The van der Waals surface area contributed by atoms with Crippen LogP contribution < -0.4 is 5.32 Å². The summed E-state index contributed by atoms with van der Waals surface area (Å²) in [5, 5.41) is 4.67. The quantitative estimate of drug-likeness (QED) is 0.854. The van der Waals surface area contributed by atoms with Crippen LogP contribution in [0.2, 0.25) is 0 Å². The van der Waals surface area contributed by atoms with Crippen molar-refractivity contribution >= 4 is 21.6 Å². The van der Waals surface area contributed by atoms with Gasteiger partial charge in [-0.25, -0.2) is 4.98 Å². The lowest BCUT2D eigenvalue weighted by molar-refractivity contribution is 0.535. The Morgan fingerprint density at radius 3 is 2.80 bits per heavy atom. The summed E-state index contributed by atoms with van der Waals surface area (Å²) in [5.41, 5.74) is 1.12. The SMILES string of the molecule is CCNC(CC)c1nc2ccccc2s1. The van der Waals surface area contributed by atoms with Gasteiger partial charge in [0.15, 0.2) is 0 Å². The van der Waals surface area contributed by atoms with Crippen LogP contribution in [0.3, 0.4) is 0 Å². The summed E-state index contributed by atoms with van der Waals surface area (Å²) in [6, 6.07) is 8.73. The lowest BCUT2D eigenvalue weighted by atomic mass is 10.2. The number of hydrogen-bond donors (Lipinski definition) is 1. The molecule has 2 aromatic rings. The zero-order chi connectivity index (χ0) is 10.7. The summed E-state index contributed by atoms with van der Waals surface area (Å²) in [5.74, 6) is 0. The molecule has 3 heteroatoms. The molecule has 1 N–H and O–H groups in total. The van der Waals surface area contributed by atoms with Gasteiger partial charge in [0.05, 0.1) is 16.3 Å². The van der Waals surface area contributed by atoms with Gasteiger partial charge in [-0.1, -0.05) is 26.0 Å². The summed E-state index contributed by atoms with van der Waals surface area (Å²) in [7, 11) is 0. The maximum Gasteiger partial charge on any atom is 0.111 e. The maximum absolute atomic E-state index is 4.66. The third-order valence-corrected chi connectivity index (χ3v) is 3.62. The number of thiazole rings is 1. The van der Waals surface area contributed by atoms with Crippen LogP contribution in [0.25, 0.3) is 10.2 Å². The number of rotatable bonds is 4. The molecule has 1 atom stereocenters. The molecule has 0 saturated heterocycles. The lowest BCUT2D eigenvalue weighted by Gasteiger charge is -2.11. The van der Waals surface area contributed by atoms with Crippen molar-refractivity contribution in [3.63, 3.8) is 0 Å². The van der Waals surface area contributed by atoms with Crippen molar-refractivity contribution in [3.8, 4) is 0 Å². The molecule has 1 unspecified atom stereocenters. The molecule has 15 heavy (non-hydrogen) atoms. The van der Waals surface area contributed by atoms with E-state index < -0.39 is 0 Å². The molecule has 2 rings (SSSR count). The molecule has 0 radical (unpaired) electrons. The lowest BCUT2D eigenvalue weighted by Crippen LogP contribution is -2.19. The van der Waals surface area contributed by atoms with E-state index in [0.717, 1.165) is 18.5 Å². The molecular weight excluding hydrogens is 204 g/mol. The van der Waals surface area contributed by atoms with Crippen LogP contribution in [-0.2, 0) is 0 Å². The molecule has 1 aromatic carbocycles. The minimum atomic E-state index is 0.410. The Morgan fingerprint density at radius 1 is 1.33 bits per heavy atom. The van der Waals surface area contributed by atoms with Crippen molar-refractivity contribution in [1.82, 2.24) is 10.3 Å². The van der Waals surface area contributed by atoms with E-state index in [9.17, 15) is 0 Å². The molecule has 0 bridgehead atoms. The van der Waals surface area contributed by atoms with E-state index in [4.69, 9.17) is 0 Å². The Labute approximate surface area is 94.3 Å². The third kappa shape index (κ3) is 2.19. The number of nitrogens with one attached hydrogen (secondary N) is 1. The number of aromatic nitrogens is 1. The Balaban J connectivity index is 2.34. The third-order valence-electron chi connectivity index (χ3n) is 2.47. The van der Waals surface area contributed by atoms with E-state index in [2.05, 4.69) is 42.3 Å². The monoisotopic (exact) mass is 220 g/mol. The first-order valence-corrected chi connectivity index (χ1v) is 6.25. The van der Waals surface area contributed by atoms with Crippen molar-refractivity contribution in [1.29, 1.82) is 0 Å². The number of nitrogens with zero attached hydrogens (tertiary/aromatic N) is 1. The van der Waals surface area contributed by atoms with Crippen molar-refractivity contribution in [2.24, 2.45) is 0 Å². The predicted octanol–water partition coefficient (Wildman–Crippen LogP) is 3.36. The Bertz CT molecular complexity index is 403. The molecule has 2 nitrogen and oxygen atoms in total. The second kappa shape index (κ2) is 4.73. The van der Waals surface area contributed by atoms with E-state index in [0.29, 0.717) is 6.04 Å². The fourth-order valence-electron chi connectivity index (χ4n) is 1.69. The summed E-state index contributed by atoms with van der Waals surface area (Å²) < 4.78 is 1.28. The summed E-state index contributed by atoms with van der Waals surface area (Å²) in [6.07, 6.45) is 1.09. The maximum atomic E-state index is 4.66. The fraction of sp³-hybridized carbons (Fsp3) is 0.417. The number of fused-ring (bicyclic) bond motifs is 1. The molecule has 0 spiro atoms. The van der Waals surface area contributed by atoms with E-state index >= 15 is 0 Å². The average Bonchev–Trinajstić information content (AvgIpc) is 2.69. The van der Waals surface area contributed by atoms with Gasteiger partial charge >= 0.3 is 0 Å². The van der Waals surface area contributed by atoms with Crippen molar-refractivity contribution in [2.75, 3.05) is 6.54 Å². The highest BCUT2D eigenvalue weighted by Crippen LogP contribution is 2.27.